The number of nitrogens with zero attached hydrogens (tertiary/aromatic N) is 3. The van der Waals surface area contributed by atoms with Gasteiger partial charge in [-0.15, -0.1) is 0 Å². The Bertz CT molecular complexity index is 884. The average molecular weight is 333 g/mol. The monoisotopic (exact) mass is 333 g/mol. The first-order valence-corrected chi connectivity index (χ1v) is 8.90. The highest BCUT2D eigenvalue weighted by atomic mass is 15.1. The van der Waals surface area contributed by atoms with E-state index in [1.807, 2.05) is 24.5 Å². The summed E-state index contributed by atoms with van der Waals surface area (Å²) in [5.74, 6) is 0.657. The Kier molecular flexibility index (Phi) is 4.32. The second-order valence-electron chi connectivity index (χ2n) is 6.90. The Labute approximate surface area is 147 Å². The summed E-state index contributed by atoms with van der Waals surface area (Å²) in [6.07, 6.45) is 8.01. The van der Waals surface area contributed by atoms with Crippen LogP contribution >= 0.6 is 0 Å². The molecule has 2 heterocycles. The zero-order valence-electron chi connectivity index (χ0n) is 14.4. The van der Waals surface area contributed by atoms with Crippen molar-refractivity contribution in [1.82, 2.24) is 15.0 Å². The predicted octanol–water partition coefficient (Wildman–Crippen LogP) is 3.68. The van der Waals surface area contributed by atoms with E-state index < -0.39 is 0 Å². The molecule has 4 rings (SSSR count). The molecule has 0 unspecified atom stereocenters. The van der Waals surface area contributed by atoms with Crippen molar-refractivity contribution in [3.05, 3.63) is 48.3 Å². The third-order valence-corrected chi connectivity index (χ3v) is 4.99. The highest BCUT2D eigenvalue weighted by molar-refractivity contribution is 5.81. The lowest BCUT2D eigenvalue weighted by Crippen LogP contribution is -2.33. The van der Waals surface area contributed by atoms with Crippen molar-refractivity contribution in [3.63, 3.8) is 0 Å². The number of pyridine rings is 1. The topological polar surface area (TPSA) is 76.7 Å². The average Bonchev–Trinajstić information content (AvgIpc) is 2.64. The third kappa shape index (κ3) is 3.46. The van der Waals surface area contributed by atoms with E-state index in [1.54, 1.807) is 0 Å². The molecule has 5 heteroatoms. The first-order valence-electron chi connectivity index (χ1n) is 8.90. The number of benzene rings is 1. The lowest BCUT2D eigenvalue weighted by molar-refractivity contribution is 0.410. The molecular weight excluding hydrogens is 310 g/mol. The van der Waals surface area contributed by atoms with Crippen molar-refractivity contribution < 1.29 is 0 Å². The van der Waals surface area contributed by atoms with Crippen LogP contribution in [0.3, 0.4) is 0 Å². The molecule has 3 aromatic rings. The van der Waals surface area contributed by atoms with Gasteiger partial charge in [0.2, 0.25) is 5.95 Å². The first kappa shape index (κ1) is 16.0. The van der Waals surface area contributed by atoms with Gasteiger partial charge in [-0.3, -0.25) is 0 Å². The number of fused-ring (bicyclic) bond motifs is 1. The first-order chi connectivity index (χ1) is 12.2. The number of anilines is 1. The molecule has 25 heavy (non-hydrogen) atoms. The van der Waals surface area contributed by atoms with E-state index in [4.69, 9.17) is 5.73 Å². The smallest absolute Gasteiger partial charge is 0.224 e. The van der Waals surface area contributed by atoms with E-state index in [9.17, 15) is 0 Å². The second kappa shape index (κ2) is 6.76. The Morgan fingerprint density at radius 1 is 1.04 bits per heavy atom. The minimum Gasteiger partial charge on any atom is -0.351 e. The predicted molar refractivity (Wildman–Crippen MR) is 101 cm³/mol. The van der Waals surface area contributed by atoms with Gasteiger partial charge in [0.15, 0.2) is 5.65 Å². The van der Waals surface area contributed by atoms with Crippen LogP contribution < -0.4 is 11.1 Å². The van der Waals surface area contributed by atoms with Crippen LogP contribution in [0, 0.1) is 6.92 Å². The highest BCUT2D eigenvalue weighted by Gasteiger charge is 2.19. The summed E-state index contributed by atoms with van der Waals surface area (Å²) >= 11 is 0. The van der Waals surface area contributed by atoms with Crippen molar-refractivity contribution in [1.29, 1.82) is 0 Å². The van der Waals surface area contributed by atoms with Gasteiger partial charge < -0.3 is 11.1 Å². The van der Waals surface area contributed by atoms with Crippen LogP contribution in [0.4, 0.5) is 5.95 Å². The standard InChI is InChI=1S/C20H23N5/c1-13-4-2-3-5-18(13)14-10-15-12-23-20(25-19(15)22-11-14)24-17-8-6-16(21)7-9-17/h2-5,10-12,16-17H,6-9,21H2,1H3,(H,22,23,24,25)/t16-,17-. The Hall–Kier alpha value is -2.53. The number of nitrogens with one attached hydrogen (secondary N) is 1. The summed E-state index contributed by atoms with van der Waals surface area (Å²) in [6, 6.07) is 11.2. The van der Waals surface area contributed by atoms with E-state index in [1.165, 1.54) is 11.1 Å². The molecule has 0 saturated heterocycles. The van der Waals surface area contributed by atoms with Gasteiger partial charge in [0.1, 0.15) is 0 Å². The summed E-state index contributed by atoms with van der Waals surface area (Å²) in [4.78, 5) is 13.6. The molecule has 128 valence electrons. The second-order valence-corrected chi connectivity index (χ2v) is 6.90. The maximum Gasteiger partial charge on any atom is 0.224 e. The van der Waals surface area contributed by atoms with Gasteiger partial charge in [-0.1, -0.05) is 24.3 Å². The quantitative estimate of drug-likeness (QED) is 0.764. The van der Waals surface area contributed by atoms with Crippen molar-refractivity contribution in [2.75, 3.05) is 5.32 Å². The molecule has 0 spiro atoms. The molecule has 5 nitrogen and oxygen atoms in total. The van der Waals surface area contributed by atoms with Crippen LogP contribution in [-0.4, -0.2) is 27.0 Å². The summed E-state index contributed by atoms with van der Waals surface area (Å²) < 4.78 is 0. The fraction of sp³-hybridized carbons (Fsp3) is 0.350. The van der Waals surface area contributed by atoms with Crippen LogP contribution in [0.25, 0.3) is 22.2 Å². The number of nitrogens with two attached hydrogens (primary N) is 1. The summed E-state index contributed by atoms with van der Waals surface area (Å²) in [6.45, 7) is 2.11. The van der Waals surface area contributed by atoms with E-state index in [0.29, 0.717) is 18.0 Å². The van der Waals surface area contributed by atoms with Crippen molar-refractivity contribution in [2.45, 2.75) is 44.7 Å². The van der Waals surface area contributed by atoms with Gasteiger partial charge in [0.25, 0.3) is 0 Å². The van der Waals surface area contributed by atoms with Crippen LogP contribution in [0.5, 0.6) is 0 Å². The molecule has 0 radical (unpaired) electrons. The zero-order valence-corrected chi connectivity index (χ0v) is 14.4. The van der Waals surface area contributed by atoms with Gasteiger partial charge in [-0.25, -0.2) is 9.97 Å². The Balaban J connectivity index is 1.58. The maximum absolute atomic E-state index is 5.97. The molecule has 0 amide bonds. The van der Waals surface area contributed by atoms with E-state index in [-0.39, 0.29) is 0 Å². The van der Waals surface area contributed by atoms with Crippen molar-refractivity contribution >= 4 is 17.0 Å². The van der Waals surface area contributed by atoms with Gasteiger partial charge in [-0.05, 0) is 49.8 Å². The molecule has 0 bridgehead atoms. The lowest BCUT2D eigenvalue weighted by Gasteiger charge is -2.26. The van der Waals surface area contributed by atoms with E-state index >= 15 is 0 Å². The molecule has 0 aliphatic heterocycles. The minimum atomic E-state index is 0.345. The molecule has 1 fully saturated rings. The number of rotatable bonds is 3. The van der Waals surface area contributed by atoms with Gasteiger partial charge in [-0.2, -0.15) is 4.98 Å². The number of hydrogen-bond donors (Lipinski definition) is 2. The summed E-state index contributed by atoms with van der Waals surface area (Å²) in [5, 5.41) is 4.39. The lowest BCUT2D eigenvalue weighted by atomic mass is 9.92. The molecule has 1 aliphatic rings. The van der Waals surface area contributed by atoms with Crippen molar-refractivity contribution in [2.24, 2.45) is 5.73 Å². The fourth-order valence-electron chi connectivity index (χ4n) is 3.48. The molecule has 2 aromatic heterocycles. The Morgan fingerprint density at radius 3 is 2.64 bits per heavy atom. The van der Waals surface area contributed by atoms with Gasteiger partial charge in [0, 0.05) is 35.4 Å². The summed E-state index contributed by atoms with van der Waals surface area (Å²) in [7, 11) is 0. The minimum absolute atomic E-state index is 0.345. The molecule has 1 saturated carbocycles. The fourth-order valence-corrected chi connectivity index (χ4v) is 3.48. The number of aromatic nitrogens is 3. The zero-order chi connectivity index (χ0) is 17.2. The van der Waals surface area contributed by atoms with Gasteiger partial charge >= 0.3 is 0 Å². The molecule has 3 N–H and O–H groups in total. The molecule has 1 aromatic carbocycles. The Morgan fingerprint density at radius 2 is 1.84 bits per heavy atom. The molecule has 0 atom stereocenters. The van der Waals surface area contributed by atoms with Crippen molar-refractivity contribution in [3.8, 4) is 11.1 Å². The molecular formula is C20H23N5. The highest BCUT2D eigenvalue weighted by Crippen LogP contribution is 2.25. The summed E-state index contributed by atoms with van der Waals surface area (Å²) in [5.41, 5.74) is 10.2. The maximum atomic E-state index is 5.97. The van der Waals surface area contributed by atoms with E-state index in [0.717, 1.165) is 42.3 Å². The number of hydrogen-bond acceptors (Lipinski definition) is 5. The van der Waals surface area contributed by atoms with Gasteiger partial charge in [0.05, 0.1) is 0 Å². The van der Waals surface area contributed by atoms with Crippen LogP contribution in [0.15, 0.2) is 42.7 Å². The largest absolute Gasteiger partial charge is 0.351 e. The SMILES string of the molecule is Cc1ccccc1-c1cnc2nc(N[C@H]3CC[C@H](N)CC3)ncc2c1. The van der Waals surface area contributed by atoms with Crippen LogP contribution in [0.2, 0.25) is 0 Å². The van der Waals surface area contributed by atoms with Crippen LogP contribution in [0.1, 0.15) is 31.2 Å². The van der Waals surface area contributed by atoms with E-state index in [2.05, 4.69) is 45.4 Å². The molecule has 1 aliphatic carbocycles. The van der Waals surface area contributed by atoms with Crippen LogP contribution in [-0.2, 0) is 0 Å². The normalized spacial score (nSPS) is 20.6. The third-order valence-electron chi connectivity index (χ3n) is 4.99. The number of aryl methyl sites for hydroxylation is 1.